The van der Waals surface area contributed by atoms with Crippen LogP contribution in [0.4, 0.5) is 0 Å². The standard InChI is InChI=1S/C15H19N3O4/c1-22-15(21)11(4-8-6-16-7-17-8)9-5-10(9)14(20)12-2-3-13(19)18-12/h6-7,9-12H,2-5H2,1H3,(H,16,17)(H,18,19). The van der Waals surface area contributed by atoms with Gasteiger partial charge in [-0.25, -0.2) is 4.98 Å². The predicted molar refractivity (Wildman–Crippen MR) is 75.6 cm³/mol. The quantitative estimate of drug-likeness (QED) is 0.732. The van der Waals surface area contributed by atoms with Crippen LogP contribution in [0.3, 0.4) is 0 Å². The van der Waals surface area contributed by atoms with E-state index >= 15 is 0 Å². The molecule has 0 radical (unpaired) electrons. The molecule has 2 fully saturated rings. The SMILES string of the molecule is COC(=O)C(Cc1cnc[nH]1)C1CC1C(=O)C1CCC(=O)N1. The van der Waals surface area contributed by atoms with E-state index < -0.39 is 0 Å². The Morgan fingerprint density at radius 2 is 2.32 bits per heavy atom. The lowest BCUT2D eigenvalue weighted by molar-refractivity contribution is -0.146. The molecule has 2 N–H and O–H groups in total. The topological polar surface area (TPSA) is 101 Å². The van der Waals surface area contributed by atoms with Crippen LogP contribution >= 0.6 is 0 Å². The first-order valence-electron chi connectivity index (χ1n) is 7.48. The van der Waals surface area contributed by atoms with E-state index in [0.717, 1.165) is 5.69 Å². The molecular formula is C15H19N3O4. The van der Waals surface area contributed by atoms with Gasteiger partial charge in [0.25, 0.3) is 0 Å². The Bertz CT molecular complexity index is 584. The van der Waals surface area contributed by atoms with Crippen molar-refractivity contribution in [1.82, 2.24) is 15.3 Å². The maximum atomic E-state index is 12.4. The summed E-state index contributed by atoms with van der Waals surface area (Å²) in [5, 5.41) is 2.70. The maximum absolute atomic E-state index is 12.4. The normalized spacial score (nSPS) is 28.0. The molecule has 2 heterocycles. The number of amides is 1. The van der Waals surface area contributed by atoms with Crippen LogP contribution in [0.25, 0.3) is 0 Å². The summed E-state index contributed by atoms with van der Waals surface area (Å²) in [4.78, 5) is 42.6. The van der Waals surface area contributed by atoms with E-state index in [-0.39, 0.29) is 41.5 Å². The summed E-state index contributed by atoms with van der Waals surface area (Å²) in [5.74, 6) is -0.843. The second-order valence-corrected chi connectivity index (χ2v) is 5.98. The number of carbonyl (C=O) groups is 3. The first kappa shape index (κ1) is 14.7. The van der Waals surface area contributed by atoms with Crippen LogP contribution in [-0.2, 0) is 25.5 Å². The Morgan fingerprint density at radius 1 is 1.50 bits per heavy atom. The number of rotatable bonds is 6. The van der Waals surface area contributed by atoms with E-state index in [1.807, 2.05) is 0 Å². The van der Waals surface area contributed by atoms with Crippen molar-refractivity contribution in [2.45, 2.75) is 31.7 Å². The average molecular weight is 305 g/mol. The van der Waals surface area contributed by atoms with Gasteiger partial charge < -0.3 is 15.0 Å². The van der Waals surface area contributed by atoms with Crippen molar-refractivity contribution in [2.24, 2.45) is 17.8 Å². The number of aromatic amines is 1. The van der Waals surface area contributed by atoms with Gasteiger partial charge in [-0.3, -0.25) is 14.4 Å². The van der Waals surface area contributed by atoms with E-state index in [4.69, 9.17) is 4.74 Å². The Kier molecular flexibility index (Phi) is 3.96. The molecule has 118 valence electrons. The van der Waals surface area contributed by atoms with Gasteiger partial charge in [0.2, 0.25) is 5.91 Å². The van der Waals surface area contributed by atoms with Gasteiger partial charge in [-0.2, -0.15) is 0 Å². The summed E-state index contributed by atoms with van der Waals surface area (Å²) >= 11 is 0. The third-order valence-corrected chi connectivity index (χ3v) is 4.56. The van der Waals surface area contributed by atoms with Crippen LogP contribution in [-0.4, -0.2) is 40.8 Å². The minimum atomic E-state index is -0.382. The average Bonchev–Trinajstić information content (AvgIpc) is 2.91. The summed E-state index contributed by atoms with van der Waals surface area (Å²) in [5.41, 5.74) is 0.850. The fourth-order valence-corrected chi connectivity index (χ4v) is 3.27. The highest BCUT2D eigenvalue weighted by molar-refractivity contribution is 5.95. The van der Waals surface area contributed by atoms with Crippen molar-refractivity contribution >= 4 is 17.7 Å². The minimum absolute atomic E-state index is 0.0132. The van der Waals surface area contributed by atoms with E-state index in [0.29, 0.717) is 25.7 Å². The molecule has 1 saturated heterocycles. The number of nitrogens with one attached hydrogen (secondary N) is 2. The third kappa shape index (κ3) is 2.88. The van der Waals surface area contributed by atoms with Gasteiger partial charge in [0.1, 0.15) is 0 Å². The van der Waals surface area contributed by atoms with Crippen LogP contribution in [0.2, 0.25) is 0 Å². The van der Waals surface area contributed by atoms with Gasteiger partial charge in [0, 0.05) is 30.7 Å². The van der Waals surface area contributed by atoms with Crippen LogP contribution < -0.4 is 5.32 Å². The molecule has 22 heavy (non-hydrogen) atoms. The fraction of sp³-hybridized carbons (Fsp3) is 0.600. The molecule has 1 aliphatic carbocycles. The van der Waals surface area contributed by atoms with Crippen molar-refractivity contribution in [2.75, 3.05) is 7.11 Å². The summed E-state index contributed by atoms with van der Waals surface area (Å²) in [6.07, 6.45) is 5.36. The lowest BCUT2D eigenvalue weighted by atomic mass is 9.94. The number of methoxy groups -OCH3 is 1. The second-order valence-electron chi connectivity index (χ2n) is 5.98. The number of carbonyl (C=O) groups excluding carboxylic acids is 3. The molecule has 1 aromatic heterocycles. The second kappa shape index (κ2) is 5.90. The smallest absolute Gasteiger partial charge is 0.309 e. The Labute approximate surface area is 127 Å². The van der Waals surface area contributed by atoms with Gasteiger partial charge >= 0.3 is 5.97 Å². The zero-order valence-corrected chi connectivity index (χ0v) is 12.4. The molecule has 4 unspecified atom stereocenters. The molecule has 1 aromatic rings. The zero-order chi connectivity index (χ0) is 15.7. The van der Waals surface area contributed by atoms with E-state index in [1.165, 1.54) is 7.11 Å². The largest absolute Gasteiger partial charge is 0.469 e. The summed E-state index contributed by atoms with van der Waals surface area (Å²) in [7, 11) is 1.36. The highest BCUT2D eigenvalue weighted by Crippen LogP contribution is 2.47. The predicted octanol–water partition coefficient (Wildman–Crippen LogP) is 0.225. The third-order valence-electron chi connectivity index (χ3n) is 4.56. The molecule has 3 rings (SSSR count). The molecule has 4 atom stereocenters. The zero-order valence-electron chi connectivity index (χ0n) is 12.4. The fourth-order valence-electron chi connectivity index (χ4n) is 3.27. The van der Waals surface area contributed by atoms with Gasteiger partial charge in [0.05, 0.1) is 25.4 Å². The number of hydrogen-bond donors (Lipinski definition) is 2. The maximum Gasteiger partial charge on any atom is 0.309 e. The number of ketones is 1. The molecule has 2 aliphatic rings. The number of ether oxygens (including phenoxy) is 1. The van der Waals surface area contributed by atoms with Crippen LogP contribution in [0.5, 0.6) is 0 Å². The Hall–Kier alpha value is -2.18. The highest BCUT2D eigenvalue weighted by atomic mass is 16.5. The number of nitrogens with zero attached hydrogens (tertiary/aromatic N) is 1. The van der Waals surface area contributed by atoms with Gasteiger partial charge in [-0.1, -0.05) is 0 Å². The monoisotopic (exact) mass is 305 g/mol. The molecule has 1 aliphatic heterocycles. The van der Waals surface area contributed by atoms with Crippen LogP contribution in [0, 0.1) is 17.8 Å². The van der Waals surface area contributed by atoms with E-state index in [1.54, 1.807) is 12.5 Å². The van der Waals surface area contributed by atoms with Gasteiger partial charge in [-0.15, -0.1) is 0 Å². The highest BCUT2D eigenvalue weighted by Gasteiger charge is 2.52. The van der Waals surface area contributed by atoms with E-state index in [9.17, 15) is 14.4 Å². The first-order valence-corrected chi connectivity index (χ1v) is 7.48. The number of esters is 1. The van der Waals surface area contributed by atoms with Crippen LogP contribution in [0.15, 0.2) is 12.5 Å². The molecule has 0 spiro atoms. The van der Waals surface area contributed by atoms with Gasteiger partial charge in [-0.05, 0) is 18.8 Å². The van der Waals surface area contributed by atoms with Gasteiger partial charge in [0.15, 0.2) is 5.78 Å². The summed E-state index contributed by atoms with van der Waals surface area (Å²) in [6.45, 7) is 0. The Morgan fingerprint density at radius 3 is 2.91 bits per heavy atom. The molecular weight excluding hydrogens is 286 g/mol. The number of hydrogen-bond acceptors (Lipinski definition) is 5. The molecule has 1 saturated carbocycles. The van der Waals surface area contributed by atoms with Crippen molar-refractivity contribution in [3.63, 3.8) is 0 Å². The Balaban J connectivity index is 1.65. The number of imidazole rings is 1. The number of Topliss-reactive ketones (excluding diaryl/α,β-unsaturated/α-hetero) is 1. The van der Waals surface area contributed by atoms with Crippen molar-refractivity contribution in [1.29, 1.82) is 0 Å². The number of aromatic nitrogens is 2. The molecule has 7 heteroatoms. The lowest BCUT2D eigenvalue weighted by Crippen LogP contribution is -2.35. The molecule has 1 amide bonds. The van der Waals surface area contributed by atoms with Crippen molar-refractivity contribution < 1.29 is 19.1 Å². The van der Waals surface area contributed by atoms with Crippen LogP contribution in [0.1, 0.15) is 25.0 Å². The summed E-state index contributed by atoms with van der Waals surface area (Å²) < 4.78 is 4.88. The van der Waals surface area contributed by atoms with Crippen molar-refractivity contribution in [3.8, 4) is 0 Å². The molecule has 0 bridgehead atoms. The summed E-state index contributed by atoms with van der Waals surface area (Å²) in [6, 6.07) is -0.382. The minimum Gasteiger partial charge on any atom is -0.469 e. The number of H-pyrrole nitrogens is 1. The lowest BCUT2D eigenvalue weighted by Gasteiger charge is -2.14. The molecule has 7 nitrogen and oxygen atoms in total. The van der Waals surface area contributed by atoms with Crippen molar-refractivity contribution in [3.05, 3.63) is 18.2 Å². The first-order chi connectivity index (χ1) is 10.6. The van der Waals surface area contributed by atoms with E-state index in [2.05, 4.69) is 15.3 Å². The molecule has 0 aromatic carbocycles.